The van der Waals surface area contributed by atoms with Crippen LogP contribution in [-0.4, -0.2) is 159 Å². The number of ether oxygens (including phenoxy) is 3. The van der Waals surface area contributed by atoms with Gasteiger partial charge in [0.25, 0.3) is 0 Å². The van der Waals surface area contributed by atoms with Gasteiger partial charge in [-0.2, -0.15) is 5.26 Å². The van der Waals surface area contributed by atoms with Crippen LogP contribution in [0.2, 0.25) is 0 Å². The summed E-state index contributed by atoms with van der Waals surface area (Å²) in [6.45, 7) is 14.7. The van der Waals surface area contributed by atoms with E-state index in [1.165, 1.54) is 13.8 Å². The zero-order valence-corrected chi connectivity index (χ0v) is 37.9. The van der Waals surface area contributed by atoms with Crippen LogP contribution >= 0.6 is 0 Å². The van der Waals surface area contributed by atoms with E-state index in [2.05, 4.69) is 11.4 Å². The highest BCUT2D eigenvalue weighted by Crippen LogP contribution is 2.37. The van der Waals surface area contributed by atoms with Crippen LogP contribution < -0.4 is 5.32 Å². The number of hydrogen-bond acceptors (Lipinski definition) is 13. The number of esters is 1. The van der Waals surface area contributed by atoms with Crippen LogP contribution in [0.1, 0.15) is 87.5 Å². The molecule has 2 amide bonds. The number of likely N-dealkylation sites (N-methyl/N-ethyl adjacent to an activating group) is 1. The van der Waals surface area contributed by atoms with Crippen molar-refractivity contribution in [3.63, 3.8) is 0 Å². The standard InChI is InChI=1S/C46H73N5O10/c1-11-37-46(8,58)40(54)32(6)51(23-15-22-50(21-14-20-47)44(56)48-35-19-18-33-16-12-13-17-34(33)25-35)27-28(2)26-45(7,57)41(30(4)38(52)31(5)42(55)60-37)61-43-39(53)36(49(9)10)24-29(3)59-43/h12-13,16-19,25,28-32,36-41,43,52-54,57-58H,11,14-15,21-24,26-27H2,1-10H3,(H,48,56)/t28-,29-,30+,31-,32-,36+,37-,38+,39-,40-,41-,43+,45-,46-/m1/s1. The van der Waals surface area contributed by atoms with Crippen molar-refractivity contribution in [1.29, 1.82) is 5.26 Å². The third-order valence-electron chi connectivity index (χ3n) is 12.9. The van der Waals surface area contributed by atoms with Crippen molar-refractivity contribution in [3.8, 4) is 6.07 Å². The van der Waals surface area contributed by atoms with Gasteiger partial charge in [0.1, 0.15) is 23.9 Å². The molecule has 0 saturated carbocycles. The lowest BCUT2D eigenvalue weighted by Gasteiger charge is -2.46. The van der Waals surface area contributed by atoms with E-state index in [0.717, 1.165) is 10.8 Å². The Hall–Kier alpha value is -3.43. The zero-order chi connectivity index (χ0) is 45.4. The van der Waals surface area contributed by atoms with Gasteiger partial charge in [0.05, 0.1) is 42.3 Å². The van der Waals surface area contributed by atoms with Gasteiger partial charge in [0.15, 0.2) is 6.29 Å². The summed E-state index contributed by atoms with van der Waals surface area (Å²) in [5.41, 5.74) is -2.93. The first-order chi connectivity index (χ1) is 28.6. The largest absolute Gasteiger partial charge is 0.459 e. The van der Waals surface area contributed by atoms with Gasteiger partial charge in [0.2, 0.25) is 0 Å². The number of aliphatic hydroxyl groups is 5. The summed E-state index contributed by atoms with van der Waals surface area (Å²) in [6.07, 6.45) is -6.14. The molecule has 2 aliphatic heterocycles. The van der Waals surface area contributed by atoms with Gasteiger partial charge < -0.3 is 54.9 Å². The first-order valence-corrected chi connectivity index (χ1v) is 21.9. The fourth-order valence-electron chi connectivity index (χ4n) is 9.33. The number of urea groups is 1. The van der Waals surface area contributed by atoms with E-state index in [1.807, 2.05) is 80.2 Å². The van der Waals surface area contributed by atoms with Gasteiger partial charge in [-0.05, 0) is 103 Å². The van der Waals surface area contributed by atoms with E-state index < -0.39 is 71.9 Å². The molecule has 0 aliphatic carbocycles. The number of carbonyl (C=O) groups is 2. The van der Waals surface area contributed by atoms with Gasteiger partial charge in [-0.25, -0.2) is 4.79 Å². The van der Waals surface area contributed by atoms with Gasteiger partial charge >= 0.3 is 12.0 Å². The van der Waals surface area contributed by atoms with Crippen LogP contribution in [0.5, 0.6) is 0 Å². The van der Waals surface area contributed by atoms with Crippen LogP contribution in [0.3, 0.4) is 0 Å². The quantitative estimate of drug-likeness (QED) is 0.174. The predicted octanol–water partition coefficient (Wildman–Crippen LogP) is 4.34. The molecular formula is C46H73N5O10. The van der Waals surface area contributed by atoms with Crippen molar-refractivity contribution in [2.75, 3.05) is 45.6 Å². The number of cyclic esters (lactones) is 1. The normalized spacial score (nSPS) is 36.1. The Morgan fingerprint density at radius 1 is 1.02 bits per heavy atom. The molecule has 61 heavy (non-hydrogen) atoms. The highest BCUT2D eigenvalue weighted by molar-refractivity contribution is 5.93. The summed E-state index contributed by atoms with van der Waals surface area (Å²) in [7, 11) is 3.72. The lowest BCUT2D eigenvalue weighted by molar-refractivity contribution is -0.299. The highest BCUT2D eigenvalue weighted by atomic mass is 16.7. The van der Waals surface area contributed by atoms with E-state index in [0.29, 0.717) is 31.6 Å². The van der Waals surface area contributed by atoms with Gasteiger partial charge in [0, 0.05) is 49.9 Å². The highest BCUT2D eigenvalue weighted by Gasteiger charge is 2.50. The molecule has 342 valence electrons. The number of nitrogens with one attached hydrogen (secondary N) is 1. The van der Waals surface area contributed by atoms with Crippen molar-refractivity contribution in [3.05, 3.63) is 42.5 Å². The molecule has 0 bridgehead atoms. The minimum atomic E-state index is -1.91. The minimum Gasteiger partial charge on any atom is -0.459 e. The second-order valence-corrected chi connectivity index (χ2v) is 18.4. The molecule has 2 aromatic carbocycles. The van der Waals surface area contributed by atoms with Crippen molar-refractivity contribution in [1.82, 2.24) is 14.7 Å². The molecule has 2 aromatic rings. The van der Waals surface area contributed by atoms with Crippen molar-refractivity contribution >= 4 is 28.5 Å². The predicted molar refractivity (Wildman–Crippen MR) is 233 cm³/mol. The number of amides is 2. The number of nitrogens with zero attached hydrogens (tertiary/aromatic N) is 4. The molecule has 2 fully saturated rings. The number of anilines is 1. The van der Waals surface area contributed by atoms with E-state index in [-0.39, 0.29) is 56.4 Å². The first kappa shape index (κ1) is 50.2. The van der Waals surface area contributed by atoms with Crippen molar-refractivity contribution < 1.29 is 49.3 Å². The lowest BCUT2D eigenvalue weighted by Crippen LogP contribution is -2.59. The molecule has 4 rings (SSSR count). The molecule has 15 heteroatoms. The summed E-state index contributed by atoms with van der Waals surface area (Å²) in [5, 5.41) is 73.9. The van der Waals surface area contributed by atoms with Crippen LogP contribution in [0, 0.1) is 29.1 Å². The Kier molecular flexibility index (Phi) is 17.9. The van der Waals surface area contributed by atoms with E-state index in [1.54, 1.807) is 32.6 Å². The Morgan fingerprint density at radius 2 is 1.69 bits per heavy atom. The number of rotatable bonds is 11. The SMILES string of the molecule is CC[C@H]1OC(=O)[C@H](C)[C@@H](O)[C@H](C)[C@@H](O[C@@H]2O[C@H](C)C[C@H](N(C)C)[C@H]2O)[C@](C)(O)C[C@@H](C)CN(CCCN(CCC#N)C(=O)Nc2ccc3ccccc3c2)[C@H](C)[C@@H](O)[C@]1(C)O. The fourth-order valence-corrected chi connectivity index (χ4v) is 9.33. The molecule has 0 aromatic heterocycles. The molecular weight excluding hydrogens is 783 g/mol. The van der Waals surface area contributed by atoms with Crippen LogP contribution in [0.4, 0.5) is 10.5 Å². The fraction of sp³-hybridized carbons (Fsp3) is 0.717. The third kappa shape index (κ3) is 12.6. The summed E-state index contributed by atoms with van der Waals surface area (Å²) in [5.74, 6) is -3.06. The first-order valence-electron chi connectivity index (χ1n) is 21.9. The van der Waals surface area contributed by atoms with Crippen LogP contribution in [0.25, 0.3) is 10.8 Å². The maximum atomic E-state index is 13.7. The van der Waals surface area contributed by atoms with Crippen LogP contribution in [0.15, 0.2) is 42.5 Å². The number of hydrogen-bond donors (Lipinski definition) is 6. The van der Waals surface area contributed by atoms with E-state index >= 15 is 0 Å². The van der Waals surface area contributed by atoms with E-state index in [9.17, 15) is 40.4 Å². The Morgan fingerprint density at radius 3 is 2.33 bits per heavy atom. The Labute approximate surface area is 362 Å². The number of benzene rings is 2. The van der Waals surface area contributed by atoms with Crippen molar-refractivity contribution in [2.45, 2.75) is 154 Å². The average molecular weight is 856 g/mol. The summed E-state index contributed by atoms with van der Waals surface area (Å²) in [4.78, 5) is 32.8. The number of fused-ring (bicyclic) bond motifs is 1. The maximum Gasteiger partial charge on any atom is 0.321 e. The monoisotopic (exact) mass is 856 g/mol. The second-order valence-electron chi connectivity index (χ2n) is 18.4. The molecule has 2 heterocycles. The molecule has 6 N–H and O–H groups in total. The second kappa shape index (κ2) is 21.8. The topological polar surface area (TPSA) is 209 Å². The summed E-state index contributed by atoms with van der Waals surface area (Å²) < 4.78 is 18.5. The Balaban J connectivity index is 1.64. The molecule has 0 unspecified atom stereocenters. The van der Waals surface area contributed by atoms with Gasteiger partial charge in [-0.3, -0.25) is 9.69 Å². The smallest absolute Gasteiger partial charge is 0.321 e. The molecule has 2 saturated heterocycles. The third-order valence-corrected chi connectivity index (χ3v) is 12.9. The van der Waals surface area contributed by atoms with Crippen LogP contribution in [-0.2, 0) is 19.0 Å². The van der Waals surface area contributed by atoms with Gasteiger partial charge in [-0.15, -0.1) is 0 Å². The molecule has 0 radical (unpaired) electrons. The summed E-state index contributed by atoms with van der Waals surface area (Å²) in [6, 6.07) is 14.3. The molecule has 14 atom stereocenters. The molecule has 15 nitrogen and oxygen atoms in total. The summed E-state index contributed by atoms with van der Waals surface area (Å²) >= 11 is 0. The number of nitriles is 1. The molecule has 0 spiro atoms. The zero-order valence-electron chi connectivity index (χ0n) is 37.9. The average Bonchev–Trinajstić information content (AvgIpc) is 3.21. The maximum absolute atomic E-state index is 13.7. The van der Waals surface area contributed by atoms with E-state index in [4.69, 9.17) is 14.2 Å². The minimum absolute atomic E-state index is 0.128. The number of aliphatic hydroxyl groups excluding tert-OH is 3. The lowest BCUT2D eigenvalue weighted by atomic mass is 9.78. The number of carbonyl (C=O) groups excluding carboxylic acids is 2. The van der Waals surface area contributed by atoms with Crippen molar-refractivity contribution in [2.24, 2.45) is 17.8 Å². The van der Waals surface area contributed by atoms with Gasteiger partial charge in [-0.1, -0.05) is 51.1 Å². The molecule has 2 aliphatic rings. The Bertz CT molecular complexity index is 1770.